The molecular formula is C22H23ClN4O2S. The number of nitriles is 1. The molecule has 0 saturated heterocycles. The van der Waals surface area contributed by atoms with Gasteiger partial charge in [-0.25, -0.2) is 8.42 Å². The highest BCUT2D eigenvalue weighted by Crippen LogP contribution is 2.41. The molecule has 6 nitrogen and oxygen atoms in total. The molecule has 0 amide bonds. The van der Waals surface area contributed by atoms with Crippen LogP contribution in [0.5, 0.6) is 0 Å². The number of sulfone groups is 1. The highest BCUT2D eigenvalue weighted by atomic mass is 35.5. The van der Waals surface area contributed by atoms with Gasteiger partial charge < -0.3 is 10.3 Å². The topological polar surface area (TPSA) is 102 Å². The zero-order valence-corrected chi connectivity index (χ0v) is 18.5. The number of nitrogen functional groups attached to an aromatic ring is 1. The van der Waals surface area contributed by atoms with Crippen molar-refractivity contribution >= 4 is 38.0 Å². The van der Waals surface area contributed by atoms with Crippen LogP contribution in [0.2, 0.25) is 5.02 Å². The van der Waals surface area contributed by atoms with Gasteiger partial charge in [0.1, 0.15) is 9.84 Å². The molecule has 1 aromatic carbocycles. The predicted molar refractivity (Wildman–Crippen MR) is 120 cm³/mol. The zero-order valence-electron chi connectivity index (χ0n) is 16.9. The van der Waals surface area contributed by atoms with Crippen molar-refractivity contribution in [1.29, 1.82) is 5.26 Å². The summed E-state index contributed by atoms with van der Waals surface area (Å²) in [5.74, 6) is 0. The van der Waals surface area contributed by atoms with Gasteiger partial charge >= 0.3 is 0 Å². The van der Waals surface area contributed by atoms with Gasteiger partial charge in [-0.15, -0.1) is 0 Å². The van der Waals surface area contributed by atoms with Crippen molar-refractivity contribution in [2.45, 2.75) is 43.9 Å². The summed E-state index contributed by atoms with van der Waals surface area (Å²) in [6.45, 7) is 1.92. The highest BCUT2D eigenvalue weighted by molar-refractivity contribution is 7.91. The fraction of sp³-hybridized carbons (Fsp3) is 0.364. The third kappa shape index (κ3) is 3.55. The first-order valence-electron chi connectivity index (χ1n) is 9.84. The smallest absolute Gasteiger partial charge is 0.150 e. The second kappa shape index (κ2) is 7.60. The maximum absolute atomic E-state index is 11.9. The Bertz CT molecular complexity index is 1280. The molecule has 3 aromatic rings. The second-order valence-electron chi connectivity index (χ2n) is 8.10. The van der Waals surface area contributed by atoms with E-state index in [1.54, 1.807) is 6.20 Å². The Labute approximate surface area is 181 Å². The number of fused-ring (bicyclic) bond motifs is 1. The Kier molecular flexibility index (Phi) is 5.25. The maximum Gasteiger partial charge on any atom is 0.150 e. The van der Waals surface area contributed by atoms with Crippen molar-refractivity contribution in [2.75, 3.05) is 12.0 Å². The Morgan fingerprint density at radius 1 is 1.20 bits per heavy atom. The van der Waals surface area contributed by atoms with Crippen LogP contribution < -0.4 is 5.73 Å². The fourth-order valence-corrected chi connectivity index (χ4v) is 5.77. The Hall–Kier alpha value is -2.56. The summed E-state index contributed by atoms with van der Waals surface area (Å²) in [5, 5.41) is 10.6. The van der Waals surface area contributed by atoms with Crippen LogP contribution >= 0.6 is 11.6 Å². The normalized spacial score (nSPS) is 19.7. The molecule has 2 N–H and O–H groups in total. The number of anilines is 1. The van der Waals surface area contributed by atoms with Crippen LogP contribution in [0, 0.1) is 18.3 Å². The van der Waals surface area contributed by atoms with Gasteiger partial charge in [0.2, 0.25) is 0 Å². The molecule has 1 saturated carbocycles. The maximum atomic E-state index is 11.9. The quantitative estimate of drug-likeness (QED) is 0.636. The number of halogens is 1. The molecule has 8 heteroatoms. The molecule has 0 radical (unpaired) electrons. The van der Waals surface area contributed by atoms with Crippen molar-refractivity contribution in [3.05, 3.63) is 46.9 Å². The van der Waals surface area contributed by atoms with Crippen LogP contribution in [-0.4, -0.2) is 29.5 Å². The van der Waals surface area contributed by atoms with Crippen molar-refractivity contribution in [3.63, 3.8) is 0 Å². The molecule has 0 atom stereocenters. The standard InChI is InChI=1S/C22H23ClN4O2S/c1-13-7-21-17(8-14(13)9-24)19(18-10-26-11-20(25)22(18)23)12-27(21)15-3-5-16(6-4-15)30(2,28)29/h7-8,10-12,15-16H,3-6,25H2,1-2H3/t15-,16+. The number of pyridine rings is 1. The lowest BCUT2D eigenvalue weighted by Crippen LogP contribution is -2.27. The summed E-state index contributed by atoms with van der Waals surface area (Å²) < 4.78 is 26.1. The van der Waals surface area contributed by atoms with E-state index >= 15 is 0 Å². The number of rotatable bonds is 3. The molecular weight excluding hydrogens is 420 g/mol. The van der Waals surface area contributed by atoms with Crippen LogP contribution in [0.4, 0.5) is 5.69 Å². The first-order chi connectivity index (χ1) is 14.2. The van der Waals surface area contributed by atoms with E-state index in [1.165, 1.54) is 12.5 Å². The summed E-state index contributed by atoms with van der Waals surface area (Å²) in [5.41, 5.74) is 10.5. The van der Waals surface area contributed by atoms with Gasteiger partial charge in [-0.1, -0.05) is 11.6 Å². The third-order valence-electron chi connectivity index (χ3n) is 6.14. The zero-order chi connectivity index (χ0) is 21.6. The average Bonchev–Trinajstić information content (AvgIpc) is 3.07. The van der Waals surface area contributed by atoms with Crippen LogP contribution in [0.15, 0.2) is 30.7 Å². The van der Waals surface area contributed by atoms with Crippen LogP contribution in [0.3, 0.4) is 0 Å². The van der Waals surface area contributed by atoms with Crippen molar-refractivity contribution < 1.29 is 8.42 Å². The monoisotopic (exact) mass is 442 g/mol. The molecule has 0 aliphatic heterocycles. The summed E-state index contributed by atoms with van der Waals surface area (Å²) in [6, 6.07) is 6.34. The summed E-state index contributed by atoms with van der Waals surface area (Å²) in [7, 11) is -3.02. The largest absolute Gasteiger partial charge is 0.396 e. The van der Waals surface area contributed by atoms with Gasteiger partial charge in [-0.05, 0) is 50.3 Å². The Morgan fingerprint density at radius 3 is 2.53 bits per heavy atom. The van der Waals surface area contributed by atoms with Gasteiger partial charge in [0.05, 0.1) is 33.8 Å². The summed E-state index contributed by atoms with van der Waals surface area (Å²) in [4.78, 5) is 4.20. The SMILES string of the molecule is Cc1cc2c(cc1C#N)c(-c1cncc(N)c1Cl)cn2[C@H]1CC[C@@H](S(C)(=O)=O)CC1. The van der Waals surface area contributed by atoms with Crippen LogP contribution in [-0.2, 0) is 9.84 Å². The van der Waals surface area contributed by atoms with Gasteiger partial charge in [0.15, 0.2) is 0 Å². The van der Waals surface area contributed by atoms with Gasteiger partial charge in [-0.3, -0.25) is 4.98 Å². The molecule has 2 heterocycles. The van der Waals surface area contributed by atoms with Gasteiger partial charge in [0, 0.05) is 46.7 Å². The number of aromatic nitrogens is 2. The van der Waals surface area contributed by atoms with E-state index in [0.29, 0.717) is 29.1 Å². The molecule has 0 spiro atoms. The molecule has 30 heavy (non-hydrogen) atoms. The van der Waals surface area contributed by atoms with E-state index in [4.69, 9.17) is 17.3 Å². The van der Waals surface area contributed by atoms with E-state index in [0.717, 1.165) is 40.4 Å². The van der Waals surface area contributed by atoms with Gasteiger partial charge in [0.25, 0.3) is 0 Å². The van der Waals surface area contributed by atoms with Crippen LogP contribution in [0.1, 0.15) is 42.9 Å². The second-order valence-corrected chi connectivity index (χ2v) is 10.8. The van der Waals surface area contributed by atoms with E-state index in [-0.39, 0.29) is 11.3 Å². The number of hydrogen-bond acceptors (Lipinski definition) is 5. The van der Waals surface area contributed by atoms with E-state index < -0.39 is 9.84 Å². The number of aryl methyl sites for hydroxylation is 1. The minimum atomic E-state index is -3.02. The molecule has 4 rings (SSSR count). The lowest BCUT2D eigenvalue weighted by Gasteiger charge is -2.29. The van der Waals surface area contributed by atoms with Crippen molar-refractivity contribution in [2.24, 2.45) is 0 Å². The Morgan fingerprint density at radius 2 is 1.90 bits per heavy atom. The van der Waals surface area contributed by atoms with Crippen molar-refractivity contribution in [3.8, 4) is 17.2 Å². The molecule has 2 aromatic heterocycles. The molecule has 0 unspecified atom stereocenters. The summed E-state index contributed by atoms with van der Waals surface area (Å²) in [6.07, 6.45) is 9.42. The number of benzene rings is 1. The lowest BCUT2D eigenvalue weighted by molar-refractivity contribution is 0.360. The number of nitrogens with zero attached hydrogens (tertiary/aromatic N) is 3. The summed E-state index contributed by atoms with van der Waals surface area (Å²) >= 11 is 6.49. The fourth-order valence-electron chi connectivity index (χ4n) is 4.44. The van der Waals surface area contributed by atoms with Crippen molar-refractivity contribution in [1.82, 2.24) is 9.55 Å². The van der Waals surface area contributed by atoms with Crippen LogP contribution in [0.25, 0.3) is 22.0 Å². The molecule has 156 valence electrons. The van der Waals surface area contributed by atoms with E-state index in [2.05, 4.69) is 15.6 Å². The highest BCUT2D eigenvalue weighted by Gasteiger charge is 2.30. The number of hydrogen-bond donors (Lipinski definition) is 1. The predicted octanol–water partition coefficient (Wildman–Crippen LogP) is 4.65. The molecule has 1 aliphatic carbocycles. The minimum absolute atomic E-state index is 0.180. The lowest BCUT2D eigenvalue weighted by atomic mass is 9.94. The molecule has 1 aliphatic rings. The first-order valence-corrected chi connectivity index (χ1v) is 12.2. The first kappa shape index (κ1) is 20.7. The molecule has 1 fully saturated rings. The minimum Gasteiger partial charge on any atom is -0.396 e. The Balaban J connectivity index is 1.86. The van der Waals surface area contributed by atoms with Gasteiger partial charge in [-0.2, -0.15) is 5.26 Å². The average molecular weight is 443 g/mol. The van der Waals surface area contributed by atoms with E-state index in [1.807, 2.05) is 25.3 Å². The third-order valence-corrected chi connectivity index (χ3v) is 8.24. The van der Waals surface area contributed by atoms with E-state index in [9.17, 15) is 13.7 Å². The number of nitrogens with two attached hydrogens (primary N) is 1. The molecule has 0 bridgehead atoms.